The van der Waals surface area contributed by atoms with E-state index in [9.17, 15) is 9.59 Å². The highest BCUT2D eigenvalue weighted by Gasteiger charge is 2.51. The van der Waals surface area contributed by atoms with Crippen molar-refractivity contribution >= 4 is 23.6 Å². The first-order chi connectivity index (χ1) is 9.49. The summed E-state index contributed by atoms with van der Waals surface area (Å²) in [5.74, 6) is 0.694. The first-order valence-electron chi connectivity index (χ1n) is 6.80. The molecule has 0 saturated carbocycles. The van der Waals surface area contributed by atoms with Gasteiger partial charge in [0.1, 0.15) is 12.1 Å². The number of benzene rings is 1. The number of carbonyl (C=O) groups excluding carboxylic acids is 2. The highest BCUT2D eigenvalue weighted by Crippen LogP contribution is 2.40. The van der Waals surface area contributed by atoms with E-state index in [2.05, 4.69) is 5.32 Å². The molecule has 1 aromatic carbocycles. The van der Waals surface area contributed by atoms with Crippen molar-refractivity contribution in [3.05, 3.63) is 35.9 Å². The molecule has 2 atom stereocenters. The van der Waals surface area contributed by atoms with Gasteiger partial charge in [-0.1, -0.05) is 30.3 Å². The molecule has 2 fully saturated rings. The Kier molecular flexibility index (Phi) is 3.24. The molecule has 2 amide bonds. The van der Waals surface area contributed by atoms with Crippen LogP contribution in [-0.4, -0.2) is 39.4 Å². The number of piperazine rings is 1. The summed E-state index contributed by atoms with van der Waals surface area (Å²) in [6.07, 6.45) is 0.551. The van der Waals surface area contributed by atoms with E-state index in [1.54, 1.807) is 16.7 Å². The van der Waals surface area contributed by atoms with E-state index in [1.165, 1.54) is 0 Å². The summed E-state index contributed by atoms with van der Waals surface area (Å²) >= 11 is 1.67. The second-order valence-corrected chi connectivity index (χ2v) is 7.35. The molecule has 2 aliphatic rings. The SMILES string of the molecule is CC1(C)SC[C@H]2C(=O)N[C@@H](Cc3ccccc3)C(=O)N21. The second-order valence-electron chi connectivity index (χ2n) is 5.73. The third kappa shape index (κ3) is 2.20. The number of fused-ring (bicyclic) bond motifs is 1. The lowest BCUT2D eigenvalue weighted by atomic mass is 9.99. The fourth-order valence-corrected chi connectivity index (χ4v) is 4.12. The van der Waals surface area contributed by atoms with Gasteiger partial charge in [0.25, 0.3) is 0 Å². The Morgan fingerprint density at radius 2 is 2.00 bits per heavy atom. The van der Waals surface area contributed by atoms with E-state index in [0.29, 0.717) is 12.2 Å². The number of rotatable bonds is 2. The lowest BCUT2D eigenvalue weighted by molar-refractivity contribution is -0.150. The van der Waals surface area contributed by atoms with E-state index in [4.69, 9.17) is 0 Å². The maximum atomic E-state index is 12.7. The van der Waals surface area contributed by atoms with Gasteiger partial charge in [-0.15, -0.1) is 11.8 Å². The van der Waals surface area contributed by atoms with Crippen LogP contribution in [0.4, 0.5) is 0 Å². The summed E-state index contributed by atoms with van der Waals surface area (Å²) in [6, 6.07) is 9.05. The van der Waals surface area contributed by atoms with Gasteiger partial charge in [0, 0.05) is 12.2 Å². The molecule has 0 bridgehead atoms. The highest BCUT2D eigenvalue weighted by molar-refractivity contribution is 8.00. The van der Waals surface area contributed by atoms with Crippen molar-refractivity contribution in [1.29, 1.82) is 0 Å². The van der Waals surface area contributed by atoms with Crippen molar-refractivity contribution in [3.63, 3.8) is 0 Å². The Bertz CT molecular complexity index is 544. The number of nitrogens with zero attached hydrogens (tertiary/aromatic N) is 1. The van der Waals surface area contributed by atoms with Crippen LogP contribution in [0.2, 0.25) is 0 Å². The fraction of sp³-hybridized carbons (Fsp3) is 0.467. The first kappa shape index (κ1) is 13.5. The Hall–Kier alpha value is -1.49. The Morgan fingerprint density at radius 1 is 1.30 bits per heavy atom. The summed E-state index contributed by atoms with van der Waals surface area (Å²) < 4.78 is 0. The van der Waals surface area contributed by atoms with E-state index in [0.717, 1.165) is 5.56 Å². The minimum Gasteiger partial charge on any atom is -0.342 e. The van der Waals surface area contributed by atoms with Crippen LogP contribution in [0.5, 0.6) is 0 Å². The molecule has 5 heteroatoms. The van der Waals surface area contributed by atoms with Gasteiger partial charge in [0.05, 0.1) is 4.87 Å². The van der Waals surface area contributed by atoms with Crippen molar-refractivity contribution in [2.45, 2.75) is 37.2 Å². The van der Waals surface area contributed by atoms with Crippen LogP contribution in [0, 0.1) is 0 Å². The van der Waals surface area contributed by atoms with Crippen LogP contribution in [0.15, 0.2) is 30.3 Å². The molecule has 0 radical (unpaired) electrons. The third-order valence-corrected chi connectivity index (χ3v) is 5.31. The summed E-state index contributed by atoms with van der Waals surface area (Å²) in [5, 5.41) is 2.88. The predicted molar refractivity (Wildman–Crippen MR) is 79.2 cm³/mol. The average Bonchev–Trinajstić information content (AvgIpc) is 2.73. The molecule has 0 unspecified atom stereocenters. The van der Waals surface area contributed by atoms with Gasteiger partial charge in [-0.2, -0.15) is 0 Å². The molecule has 4 nitrogen and oxygen atoms in total. The van der Waals surface area contributed by atoms with E-state index in [1.807, 2.05) is 44.2 Å². The highest BCUT2D eigenvalue weighted by atomic mass is 32.2. The molecule has 0 spiro atoms. The number of hydrogen-bond acceptors (Lipinski definition) is 3. The van der Waals surface area contributed by atoms with Crippen LogP contribution in [0.1, 0.15) is 19.4 Å². The zero-order valence-electron chi connectivity index (χ0n) is 11.6. The van der Waals surface area contributed by atoms with Crippen molar-refractivity contribution in [2.75, 3.05) is 5.75 Å². The van der Waals surface area contributed by atoms with Gasteiger partial charge >= 0.3 is 0 Å². The van der Waals surface area contributed by atoms with Crippen molar-refractivity contribution < 1.29 is 9.59 Å². The van der Waals surface area contributed by atoms with Gasteiger partial charge < -0.3 is 10.2 Å². The molecular weight excluding hydrogens is 272 g/mol. The molecule has 20 heavy (non-hydrogen) atoms. The minimum absolute atomic E-state index is 0.0244. The Balaban J connectivity index is 1.84. The number of thioether (sulfide) groups is 1. The Morgan fingerprint density at radius 3 is 2.70 bits per heavy atom. The minimum atomic E-state index is -0.445. The summed E-state index contributed by atoms with van der Waals surface area (Å²) in [6.45, 7) is 4.02. The summed E-state index contributed by atoms with van der Waals surface area (Å²) in [7, 11) is 0. The van der Waals surface area contributed by atoms with Crippen LogP contribution in [0.25, 0.3) is 0 Å². The summed E-state index contributed by atoms with van der Waals surface area (Å²) in [4.78, 5) is 26.3. The maximum Gasteiger partial charge on any atom is 0.247 e. The van der Waals surface area contributed by atoms with Gasteiger partial charge in [-0.05, 0) is 19.4 Å². The van der Waals surface area contributed by atoms with Gasteiger partial charge in [0.15, 0.2) is 0 Å². The van der Waals surface area contributed by atoms with Crippen LogP contribution >= 0.6 is 11.8 Å². The maximum absolute atomic E-state index is 12.7. The molecule has 2 aliphatic heterocycles. The quantitative estimate of drug-likeness (QED) is 0.896. The topological polar surface area (TPSA) is 49.4 Å². The molecule has 0 aromatic heterocycles. The summed E-state index contributed by atoms with van der Waals surface area (Å²) in [5.41, 5.74) is 1.06. The lowest BCUT2D eigenvalue weighted by Gasteiger charge is -2.40. The second kappa shape index (κ2) is 4.81. The number of hydrogen-bond donors (Lipinski definition) is 1. The zero-order chi connectivity index (χ0) is 14.3. The van der Waals surface area contributed by atoms with Crippen molar-refractivity contribution in [1.82, 2.24) is 10.2 Å². The van der Waals surface area contributed by atoms with E-state index < -0.39 is 6.04 Å². The smallest absolute Gasteiger partial charge is 0.247 e. The predicted octanol–water partition coefficient (Wildman–Crippen LogP) is 1.41. The van der Waals surface area contributed by atoms with Gasteiger partial charge in [0.2, 0.25) is 11.8 Å². The average molecular weight is 290 g/mol. The molecule has 2 saturated heterocycles. The van der Waals surface area contributed by atoms with Crippen molar-refractivity contribution in [3.8, 4) is 0 Å². The van der Waals surface area contributed by atoms with Crippen LogP contribution < -0.4 is 5.32 Å². The fourth-order valence-electron chi connectivity index (χ4n) is 2.90. The van der Waals surface area contributed by atoms with Crippen LogP contribution in [0.3, 0.4) is 0 Å². The molecule has 0 aliphatic carbocycles. The Labute approximate surface area is 122 Å². The molecule has 1 aromatic rings. The molecule has 106 valence electrons. The van der Waals surface area contributed by atoms with E-state index >= 15 is 0 Å². The van der Waals surface area contributed by atoms with E-state index in [-0.39, 0.29) is 22.7 Å². The largest absolute Gasteiger partial charge is 0.342 e. The number of carbonyl (C=O) groups is 2. The number of amides is 2. The monoisotopic (exact) mass is 290 g/mol. The molecule has 1 N–H and O–H groups in total. The van der Waals surface area contributed by atoms with Gasteiger partial charge in [-0.3, -0.25) is 9.59 Å². The van der Waals surface area contributed by atoms with Crippen molar-refractivity contribution in [2.24, 2.45) is 0 Å². The normalized spacial score (nSPS) is 28.2. The van der Waals surface area contributed by atoms with Crippen LogP contribution in [-0.2, 0) is 16.0 Å². The van der Waals surface area contributed by atoms with Gasteiger partial charge in [-0.25, -0.2) is 0 Å². The zero-order valence-corrected chi connectivity index (χ0v) is 12.4. The molecule has 2 heterocycles. The number of nitrogens with one attached hydrogen (secondary N) is 1. The molecular formula is C15H18N2O2S. The standard InChI is InChI=1S/C15H18N2O2S/c1-15(2)17-12(9-20-15)13(18)16-11(14(17)19)8-10-6-4-3-5-7-10/h3-7,11-12H,8-9H2,1-2H3,(H,16,18)/t11-,12-/m0/s1. The third-order valence-electron chi connectivity index (χ3n) is 3.92. The molecule has 3 rings (SSSR count). The first-order valence-corrected chi connectivity index (χ1v) is 7.79. The lowest BCUT2D eigenvalue weighted by Crippen LogP contribution is -2.65.